The molecule has 0 saturated carbocycles. The number of aromatic nitrogens is 6. The molecule has 0 aliphatic rings. The number of aromatic amines is 1. The van der Waals surface area contributed by atoms with Crippen molar-refractivity contribution in [2.45, 2.75) is 19.4 Å². The van der Waals surface area contributed by atoms with Crippen molar-refractivity contribution < 1.29 is 13.2 Å². The molecule has 0 radical (unpaired) electrons. The summed E-state index contributed by atoms with van der Waals surface area (Å²) in [5.41, 5.74) is 2.97. The van der Waals surface area contributed by atoms with Crippen LogP contribution in [0.25, 0.3) is 22.1 Å². The number of hydrogen-bond acceptors (Lipinski definition) is 7. The first kappa shape index (κ1) is 21.4. The van der Waals surface area contributed by atoms with Crippen LogP contribution in [0.1, 0.15) is 25.2 Å². The van der Waals surface area contributed by atoms with Crippen LogP contribution < -0.4 is 16.3 Å². The van der Waals surface area contributed by atoms with Crippen LogP contribution in [0.15, 0.2) is 53.8 Å². The number of H-pyrrole nitrogens is 1. The number of hydrogen-bond donors (Lipinski definition) is 3. The lowest BCUT2D eigenvalue weighted by Crippen LogP contribution is -2.34. The number of benzene rings is 2. The number of imidazole rings is 1. The van der Waals surface area contributed by atoms with E-state index >= 15 is 0 Å². The van der Waals surface area contributed by atoms with E-state index < -0.39 is 29.1 Å². The second-order valence-corrected chi connectivity index (χ2v) is 7.44. The Morgan fingerprint density at radius 2 is 1.88 bits per heavy atom. The van der Waals surface area contributed by atoms with Gasteiger partial charge in [0.25, 0.3) is 5.56 Å². The van der Waals surface area contributed by atoms with Gasteiger partial charge in [0.2, 0.25) is 0 Å². The zero-order valence-electron chi connectivity index (χ0n) is 17.7. The third kappa shape index (κ3) is 3.78. The van der Waals surface area contributed by atoms with Crippen LogP contribution in [0.5, 0.6) is 0 Å². The fourth-order valence-corrected chi connectivity index (χ4v) is 3.68. The smallest absolute Gasteiger partial charge is 0.283 e. The van der Waals surface area contributed by atoms with Gasteiger partial charge in [-0.25, -0.2) is 37.8 Å². The largest absolute Gasteiger partial charge is 0.358 e. The van der Waals surface area contributed by atoms with E-state index in [-0.39, 0.29) is 22.4 Å². The highest BCUT2D eigenvalue weighted by atomic mass is 19.1. The van der Waals surface area contributed by atoms with Crippen molar-refractivity contribution in [3.8, 4) is 0 Å². The van der Waals surface area contributed by atoms with Gasteiger partial charge in [-0.2, -0.15) is 0 Å². The summed E-state index contributed by atoms with van der Waals surface area (Å²) in [6.07, 6.45) is 3.24. The first-order valence-electron chi connectivity index (χ1n) is 10.3. The van der Waals surface area contributed by atoms with E-state index in [1.807, 2.05) is 6.92 Å². The molecule has 3 aromatic heterocycles. The van der Waals surface area contributed by atoms with Crippen LogP contribution in [0.2, 0.25) is 0 Å². The van der Waals surface area contributed by atoms with Gasteiger partial charge in [-0.1, -0.05) is 13.0 Å². The molecule has 0 bridgehead atoms. The maximum atomic E-state index is 14.5. The van der Waals surface area contributed by atoms with E-state index in [1.165, 1.54) is 24.8 Å². The lowest BCUT2D eigenvalue weighted by molar-refractivity contribution is 0.582. The predicted molar refractivity (Wildman–Crippen MR) is 120 cm³/mol. The van der Waals surface area contributed by atoms with E-state index in [4.69, 9.17) is 0 Å². The molecule has 0 amide bonds. The molecule has 1 atom stereocenters. The minimum absolute atomic E-state index is 0.0510. The first-order chi connectivity index (χ1) is 16.4. The van der Waals surface area contributed by atoms with Gasteiger partial charge in [0, 0.05) is 6.07 Å². The normalized spacial score (nSPS) is 12.2. The fourth-order valence-electron chi connectivity index (χ4n) is 3.68. The molecule has 34 heavy (non-hydrogen) atoms. The molecule has 2 aromatic carbocycles. The van der Waals surface area contributed by atoms with Crippen LogP contribution in [-0.2, 0) is 0 Å². The number of nitrogens with one attached hydrogen (secondary N) is 3. The van der Waals surface area contributed by atoms with Crippen molar-refractivity contribution in [3.05, 3.63) is 82.7 Å². The highest BCUT2D eigenvalue weighted by Crippen LogP contribution is 2.25. The molecule has 12 heteroatoms. The Bertz CT molecular complexity index is 1560. The van der Waals surface area contributed by atoms with Gasteiger partial charge in [-0.05, 0) is 30.7 Å². The van der Waals surface area contributed by atoms with Crippen molar-refractivity contribution >= 4 is 33.6 Å². The van der Waals surface area contributed by atoms with Crippen LogP contribution >= 0.6 is 0 Å². The minimum atomic E-state index is -0.843. The lowest BCUT2D eigenvalue weighted by atomic mass is 10.1. The zero-order chi connectivity index (χ0) is 23.8. The molecule has 5 rings (SSSR count). The molecule has 172 valence electrons. The van der Waals surface area contributed by atoms with Crippen LogP contribution in [0, 0.1) is 17.5 Å². The van der Waals surface area contributed by atoms with Gasteiger partial charge in [0.15, 0.2) is 17.3 Å². The molecule has 0 unspecified atom stereocenters. The lowest BCUT2D eigenvalue weighted by Gasteiger charge is -2.22. The van der Waals surface area contributed by atoms with Gasteiger partial charge >= 0.3 is 0 Å². The van der Waals surface area contributed by atoms with Gasteiger partial charge in [0.05, 0.1) is 23.6 Å². The van der Waals surface area contributed by atoms with E-state index in [1.54, 1.807) is 0 Å². The van der Waals surface area contributed by atoms with E-state index in [0.717, 1.165) is 22.9 Å². The van der Waals surface area contributed by atoms with Crippen molar-refractivity contribution in [1.82, 2.24) is 29.6 Å². The Morgan fingerprint density at radius 1 is 1.09 bits per heavy atom. The summed E-state index contributed by atoms with van der Waals surface area (Å²) >= 11 is 0. The van der Waals surface area contributed by atoms with E-state index in [2.05, 4.69) is 35.7 Å². The SMILES string of the molecule is CC[C@H](Nc1ncnc2[nH]cnc12)c1nc2cccc(F)c2c(=O)n1Nc1cc(F)cc(F)c1. The summed E-state index contributed by atoms with van der Waals surface area (Å²) in [4.78, 5) is 33.3. The Kier molecular flexibility index (Phi) is 5.32. The average Bonchev–Trinajstić information content (AvgIpc) is 3.28. The topological polar surface area (TPSA) is 113 Å². The fraction of sp³-hybridized carbons (Fsp3) is 0.136. The van der Waals surface area contributed by atoms with Crippen molar-refractivity contribution in [3.63, 3.8) is 0 Å². The van der Waals surface area contributed by atoms with Gasteiger partial charge < -0.3 is 10.3 Å². The molecule has 3 heterocycles. The molecule has 0 fully saturated rings. The monoisotopic (exact) mass is 466 g/mol. The number of fused-ring (bicyclic) bond motifs is 2. The predicted octanol–water partition coefficient (Wildman–Crippen LogP) is 3.92. The molecule has 5 aromatic rings. The van der Waals surface area contributed by atoms with Crippen LogP contribution in [0.3, 0.4) is 0 Å². The number of anilines is 2. The molecule has 0 saturated heterocycles. The van der Waals surface area contributed by atoms with Gasteiger partial charge in [-0.3, -0.25) is 10.2 Å². The minimum Gasteiger partial charge on any atom is -0.358 e. The van der Waals surface area contributed by atoms with Gasteiger partial charge in [0.1, 0.15) is 34.7 Å². The van der Waals surface area contributed by atoms with Crippen molar-refractivity contribution in [2.24, 2.45) is 0 Å². The summed E-state index contributed by atoms with van der Waals surface area (Å²) in [5.74, 6) is -1.92. The molecule has 9 nitrogen and oxygen atoms in total. The molecule has 0 aliphatic heterocycles. The van der Waals surface area contributed by atoms with E-state index in [9.17, 15) is 18.0 Å². The second kappa shape index (κ2) is 8.46. The summed E-state index contributed by atoms with van der Waals surface area (Å²) in [7, 11) is 0. The van der Waals surface area contributed by atoms with Gasteiger partial charge in [-0.15, -0.1) is 0 Å². The summed E-state index contributed by atoms with van der Waals surface area (Å²) in [6, 6.07) is 6.20. The number of nitrogens with zero attached hydrogens (tertiary/aromatic N) is 5. The van der Waals surface area contributed by atoms with Crippen LogP contribution in [0.4, 0.5) is 24.7 Å². The molecule has 0 aliphatic carbocycles. The van der Waals surface area contributed by atoms with Crippen molar-refractivity contribution in [1.29, 1.82) is 0 Å². The van der Waals surface area contributed by atoms with Crippen molar-refractivity contribution in [2.75, 3.05) is 10.7 Å². The highest BCUT2D eigenvalue weighted by molar-refractivity contribution is 5.82. The Balaban J connectivity index is 1.68. The maximum absolute atomic E-state index is 14.5. The Labute approximate surface area is 189 Å². The summed E-state index contributed by atoms with van der Waals surface area (Å²) in [5, 5.41) is 2.93. The third-order valence-corrected chi connectivity index (χ3v) is 5.22. The van der Waals surface area contributed by atoms with Crippen LogP contribution in [-0.4, -0.2) is 29.6 Å². The first-order valence-corrected chi connectivity index (χ1v) is 10.3. The number of rotatable bonds is 6. The molecule has 3 N–H and O–H groups in total. The Hall–Kier alpha value is -4.48. The summed E-state index contributed by atoms with van der Waals surface area (Å²) < 4.78 is 43.1. The average molecular weight is 466 g/mol. The summed E-state index contributed by atoms with van der Waals surface area (Å²) in [6.45, 7) is 1.84. The number of halogens is 3. The quantitative estimate of drug-likeness (QED) is 0.348. The molecular weight excluding hydrogens is 449 g/mol. The second-order valence-electron chi connectivity index (χ2n) is 7.44. The zero-order valence-corrected chi connectivity index (χ0v) is 17.7. The van der Waals surface area contributed by atoms with E-state index in [0.29, 0.717) is 29.5 Å². The third-order valence-electron chi connectivity index (χ3n) is 5.22. The Morgan fingerprint density at radius 3 is 2.65 bits per heavy atom. The highest BCUT2D eigenvalue weighted by Gasteiger charge is 2.22. The molecule has 0 spiro atoms. The maximum Gasteiger partial charge on any atom is 0.283 e. The molecular formula is C22H17F3N8O. The standard InChI is InChI=1S/C22H17F3N8O/c1-2-15(30-20-18-19(27-9-26-18)28-10-29-20)21-31-16-5-3-4-14(25)17(16)22(34)33(21)32-13-7-11(23)6-12(24)8-13/h3-10,15,32H,2H2,1H3,(H2,26,27,28,29,30)/t15-/m0/s1.